The van der Waals surface area contributed by atoms with Crippen molar-refractivity contribution in [1.82, 2.24) is 14.9 Å². The van der Waals surface area contributed by atoms with Crippen LogP contribution >= 0.6 is 12.2 Å². The van der Waals surface area contributed by atoms with Crippen LogP contribution in [0.2, 0.25) is 0 Å². The maximum absolute atomic E-state index is 12.6. The zero-order chi connectivity index (χ0) is 18.6. The molecule has 1 aromatic heterocycles. The summed E-state index contributed by atoms with van der Waals surface area (Å²) < 4.78 is 7.02. The quantitative estimate of drug-likeness (QED) is 0.654. The van der Waals surface area contributed by atoms with Crippen LogP contribution in [-0.4, -0.2) is 27.7 Å². The molecule has 0 saturated heterocycles. The van der Waals surface area contributed by atoms with E-state index in [0.717, 1.165) is 16.0 Å². The van der Waals surface area contributed by atoms with E-state index in [4.69, 9.17) is 17.0 Å². The largest absolute Gasteiger partial charge is 0.493 e. The van der Waals surface area contributed by atoms with E-state index in [1.54, 1.807) is 6.21 Å². The topological polar surface area (TPSA) is 72.3 Å². The summed E-state index contributed by atoms with van der Waals surface area (Å²) >= 11 is 5.14. The molecule has 134 valence electrons. The van der Waals surface area contributed by atoms with Gasteiger partial charge in [0.25, 0.3) is 5.56 Å². The number of aromatic amines is 1. The smallest absolute Gasteiger partial charge is 0.297 e. The van der Waals surface area contributed by atoms with Crippen LogP contribution in [0.5, 0.6) is 5.75 Å². The first-order chi connectivity index (χ1) is 11.7. The van der Waals surface area contributed by atoms with Gasteiger partial charge in [0.1, 0.15) is 11.4 Å². The number of H-pyrrole nitrogens is 1. The van der Waals surface area contributed by atoms with Gasteiger partial charge in [-0.25, -0.2) is 0 Å². The highest BCUT2D eigenvalue weighted by atomic mass is 32.1. The van der Waals surface area contributed by atoms with Crippen LogP contribution in [0, 0.1) is 10.7 Å². The Bertz CT molecular complexity index is 876. The molecule has 0 unspecified atom stereocenters. The van der Waals surface area contributed by atoms with Crippen LogP contribution in [0.3, 0.4) is 0 Å². The van der Waals surface area contributed by atoms with Gasteiger partial charge in [0, 0.05) is 5.41 Å². The summed E-state index contributed by atoms with van der Waals surface area (Å²) in [6.45, 7) is 10.6. The number of hydrogen-bond donors (Lipinski definition) is 1. The van der Waals surface area contributed by atoms with Crippen molar-refractivity contribution in [2.45, 2.75) is 40.0 Å². The molecule has 0 bridgehead atoms. The number of aromatic nitrogens is 3. The van der Waals surface area contributed by atoms with Crippen LogP contribution in [-0.2, 0) is 5.41 Å². The van der Waals surface area contributed by atoms with Gasteiger partial charge in [-0.05, 0) is 35.8 Å². The molecule has 1 heterocycles. The Morgan fingerprint density at radius 2 is 2.12 bits per heavy atom. The van der Waals surface area contributed by atoms with Crippen LogP contribution in [0.15, 0.2) is 34.2 Å². The summed E-state index contributed by atoms with van der Waals surface area (Å²) in [5.74, 6) is 1.21. The molecule has 0 spiro atoms. The van der Waals surface area contributed by atoms with Gasteiger partial charge in [0.2, 0.25) is 4.77 Å². The zero-order valence-corrected chi connectivity index (χ0v) is 16.1. The first-order valence-electron chi connectivity index (χ1n) is 8.18. The third-order valence-electron chi connectivity index (χ3n) is 3.32. The van der Waals surface area contributed by atoms with E-state index in [9.17, 15) is 4.79 Å². The first-order valence-corrected chi connectivity index (χ1v) is 8.58. The second kappa shape index (κ2) is 7.74. The van der Waals surface area contributed by atoms with Crippen LogP contribution in [0.1, 0.15) is 45.9 Å². The molecule has 25 heavy (non-hydrogen) atoms. The highest BCUT2D eigenvalue weighted by Crippen LogP contribution is 2.15. The van der Waals surface area contributed by atoms with Gasteiger partial charge < -0.3 is 4.74 Å². The van der Waals surface area contributed by atoms with Gasteiger partial charge >= 0.3 is 0 Å². The van der Waals surface area contributed by atoms with E-state index in [0.29, 0.717) is 18.2 Å². The molecule has 0 aliphatic rings. The zero-order valence-electron chi connectivity index (χ0n) is 15.2. The molecule has 1 N–H and O–H groups in total. The second-order valence-electron chi connectivity index (χ2n) is 7.27. The molecule has 0 fully saturated rings. The minimum absolute atomic E-state index is 0.154. The summed E-state index contributed by atoms with van der Waals surface area (Å²) in [7, 11) is 0. The fourth-order valence-corrected chi connectivity index (χ4v) is 2.23. The Hall–Kier alpha value is -2.28. The average molecular weight is 360 g/mol. The van der Waals surface area contributed by atoms with Gasteiger partial charge in [-0.3, -0.25) is 9.89 Å². The number of hydrogen-bond acceptors (Lipinski definition) is 5. The molecule has 0 atom stereocenters. The van der Waals surface area contributed by atoms with Gasteiger partial charge in [-0.1, -0.05) is 46.8 Å². The molecule has 0 aliphatic carbocycles. The van der Waals surface area contributed by atoms with Gasteiger partial charge in [0.05, 0.1) is 12.8 Å². The SMILES string of the molecule is CC(C)COc1cccc(/C=N\n2c(=S)[nH]nc(C(C)(C)C)c2=O)c1. The highest BCUT2D eigenvalue weighted by molar-refractivity contribution is 7.71. The molecule has 0 amide bonds. The van der Waals surface area contributed by atoms with E-state index >= 15 is 0 Å². The van der Waals surface area contributed by atoms with Gasteiger partial charge in [-0.2, -0.15) is 14.9 Å². The Balaban J connectivity index is 2.33. The fourth-order valence-electron chi connectivity index (χ4n) is 2.06. The van der Waals surface area contributed by atoms with E-state index in [1.807, 2.05) is 45.0 Å². The van der Waals surface area contributed by atoms with Crippen LogP contribution < -0.4 is 10.3 Å². The van der Waals surface area contributed by atoms with E-state index in [2.05, 4.69) is 29.1 Å². The number of benzene rings is 1. The Morgan fingerprint density at radius 3 is 2.76 bits per heavy atom. The Kier molecular flexibility index (Phi) is 5.89. The summed E-state index contributed by atoms with van der Waals surface area (Å²) in [5.41, 5.74) is 0.474. The van der Waals surface area contributed by atoms with Crippen LogP contribution in [0.4, 0.5) is 0 Å². The summed E-state index contributed by atoms with van der Waals surface area (Å²) in [6.07, 6.45) is 1.58. The maximum atomic E-state index is 12.6. The molecule has 2 rings (SSSR count). The molecule has 2 aromatic rings. The third-order valence-corrected chi connectivity index (χ3v) is 3.59. The van der Waals surface area contributed by atoms with Crippen molar-refractivity contribution < 1.29 is 4.74 Å². The predicted molar refractivity (Wildman–Crippen MR) is 102 cm³/mol. The molecule has 7 heteroatoms. The maximum Gasteiger partial charge on any atom is 0.297 e. The summed E-state index contributed by atoms with van der Waals surface area (Å²) in [4.78, 5) is 12.6. The second-order valence-corrected chi connectivity index (χ2v) is 7.65. The molecule has 6 nitrogen and oxygen atoms in total. The number of nitrogens with zero attached hydrogens (tertiary/aromatic N) is 3. The highest BCUT2D eigenvalue weighted by Gasteiger charge is 2.21. The molecular formula is C18H24N4O2S. The number of rotatable bonds is 5. The minimum Gasteiger partial charge on any atom is -0.493 e. The lowest BCUT2D eigenvalue weighted by Crippen LogP contribution is -2.32. The predicted octanol–water partition coefficient (Wildman–Crippen LogP) is 3.52. The number of ether oxygens (including phenoxy) is 1. The van der Waals surface area contributed by atoms with Crippen molar-refractivity contribution >= 4 is 18.4 Å². The standard InChI is InChI=1S/C18H24N4O2S/c1-12(2)11-24-14-8-6-7-13(9-14)10-19-22-16(23)15(18(3,4)5)20-21-17(22)25/h6-10,12H,11H2,1-5H3,(H,21,25)/b19-10-. The van der Waals surface area contributed by atoms with E-state index in [1.165, 1.54) is 0 Å². The molecular weight excluding hydrogens is 336 g/mol. The lowest BCUT2D eigenvalue weighted by molar-refractivity contribution is 0.271. The van der Waals surface area contributed by atoms with Crippen molar-refractivity contribution in [2.75, 3.05) is 6.61 Å². The van der Waals surface area contributed by atoms with Crippen molar-refractivity contribution in [1.29, 1.82) is 0 Å². The molecule has 1 aromatic carbocycles. The fraction of sp³-hybridized carbons (Fsp3) is 0.444. The van der Waals surface area contributed by atoms with E-state index < -0.39 is 5.41 Å². The van der Waals surface area contributed by atoms with Crippen molar-refractivity contribution in [3.63, 3.8) is 0 Å². The van der Waals surface area contributed by atoms with Crippen LogP contribution in [0.25, 0.3) is 0 Å². The van der Waals surface area contributed by atoms with E-state index in [-0.39, 0.29) is 10.3 Å². The summed E-state index contributed by atoms with van der Waals surface area (Å²) in [6, 6.07) is 7.53. The third kappa shape index (κ3) is 5.09. The van der Waals surface area contributed by atoms with Crippen molar-refractivity contribution in [3.8, 4) is 5.75 Å². The normalized spacial score (nSPS) is 12.1. The van der Waals surface area contributed by atoms with Gasteiger partial charge in [0.15, 0.2) is 0 Å². The minimum atomic E-state index is -0.404. The number of nitrogens with one attached hydrogen (secondary N) is 1. The van der Waals surface area contributed by atoms with Crippen molar-refractivity contribution in [2.24, 2.45) is 11.0 Å². The Morgan fingerprint density at radius 1 is 1.40 bits per heavy atom. The first kappa shape index (κ1) is 19.1. The molecule has 0 radical (unpaired) electrons. The molecule has 0 saturated carbocycles. The Labute approximate surface area is 152 Å². The summed E-state index contributed by atoms with van der Waals surface area (Å²) in [5, 5.41) is 11.0. The monoisotopic (exact) mass is 360 g/mol. The lowest BCUT2D eigenvalue weighted by atomic mass is 9.93. The average Bonchev–Trinajstić information content (AvgIpc) is 2.52. The molecule has 0 aliphatic heterocycles. The lowest BCUT2D eigenvalue weighted by Gasteiger charge is -2.16. The van der Waals surface area contributed by atoms with Gasteiger partial charge in [-0.15, -0.1) is 0 Å². The van der Waals surface area contributed by atoms with Crippen molar-refractivity contribution in [3.05, 3.63) is 50.6 Å².